The molecule has 1 aromatic rings. The van der Waals surface area contributed by atoms with Crippen molar-refractivity contribution in [3.05, 3.63) is 51.1 Å². The van der Waals surface area contributed by atoms with E-state index in [9.17, 15) is 0 Å². The molecule has 1 nitrogen and oxygen atoms in total. The van der Waals surface area contributed by atoms with Crippen molar-refractivity contribution in [2.24, 2.45) is 5.92 Å². The summed E-state index contributed by atoms with van der Waals surface area (Å²) in [5.74, 6) is 0.298. The van der Waals surface area contributed by atoms with E-state index in [-0.39, 0.29) is 11.1 Å². The number of benzene rings is 1. The first-order valence-corrected chi connectivity index (χ1v) is 12.7. The molecule has 132 valence electrons. The SMILES string of the molecule is C=C(C)[C@@H]1C(c2ccccc2C)=C(I)C[C@H]1O[Si](C)(C)C(C)(C)C. The Morgan fingerprint density at radius 1 is 1.25 bits per heavy atom. The molecule has 1 aliphatic rings. The molecule has 0 saturated carbocycles. The summed E-state index contributed by atoms with van der Waals surface area (Å²) in [5.41, 5.74) is 5.34. The number of rotatable bonds is 4. The summed E-state index contributed by atoms with van der Waals surface area (Å²) >= 11 is 2.52. The highest BCUT2D eigenvalue weighted by atomic mass is 127. The fourth-order valence-electron chi connectivity index (χ4n) is 3.18. The first kappa shape index (κ1) is 19.9. The maximum Gasteiger partial charge on any atom is 0.192 e. The molecule has 0 saturated heterocycles. The molecule has 2 rings (SSSR count). The van der Waals surface area contributed by atoms with Crippen LogP contribution >= 0.6 is 22.6 Å². The van der Waals surface area contributed by atoms with E-state index in [0.717, 1.165) is 6.42 Å². The number of hydrogen-bond acceptors (Lipinski definition) is 1. The summed E-state index contributed by atoms with van der Waals surface area (Å²) in [4.78, 5) is 0. The zero-order chi connectivity index (χ0) is 18.3. The van der Waals surface area contributed by atoms with Crippen molar-refractivity contribution in [3.8, 4) is 0 Å². The Morgan fingerprint density at radius 3 is 2.33 bits per heavy atom. The van der Waals surface area contributed by atoms with Crippen LogP contribution in [0.15, 0.2) is 40.0 Å². The van der Waals surface area contributed by atoms with Crippen LogP contribution in [0.3, 0.4) is 0 Å². The lowest BCUT2D eigenvalue weighted by Crippen LogP contribution is -2.45. The van der Waals surface area contributed by atoms with Crippen molar-refractivity contribution in [3.63, 3.8) is 0 Å². The van der Waals surface area contributed by atoms with Crippen molar-refractivity contribution < 1.29 is 4.43 Å². The van der Waals surface area contributed by atoms with Gasteiger partial charge in [-0.1, -0.05) is 57.2 Å². The van der Waals surface area contributed by atoms with E-state index >= 15 is 0 Å². The summed E-state index contributed by atoms with van der Waals surface area (Å²) in [6.07, 6.45) is 1.23. The normalized spacial score (nSPS) is 22.2. The van der Waals surface area contributed by atoms with Crippen LogP contribution in [0, 0.1) is 12.8 Å². The molecule has 0 aliphatic heterocycles. The quantitative estimate of drug-likeness (QED) is 0.267. The zero-order valence-corrected chi connectivity index (χ0v) is 19.3. The molecule has 0 fully saturated rings. The molecule has 0 bridgehead atoms. The predicted octanol–water partition coefficient (Wildman–Crippen LogP) is 7.13. The monoisotopic (exact) mass is 454 g/mol. The van der Waals surface area contributed by atoms with Crippen LogP contribution in [0.1, 0.15) is 45.2 Å². The van der Waals surface area contributed by atoms with Crippen molar-refractivity contribution >= 4 is 36.5 Å². The lowest BCUT2D eigenvalue weighted by Gasteiger charge is -2.40. The fourth-order valence-corrected chi connectivity index (χ4v) is 5.57. The molecule has 0 N–H and O–H groups in total. The lowest BCUT2D eigenvalue weighted by molar-refractivity contribution is 0.166. The molecular weight excluding hydrogens is 423 g/mol. The average Bonchev–Trinajstić information content (AvgIpc) is 2.73. The van der Waals surface area contributed by atoms with Crippen LogP contribution < -0.4 is 0 Å². The summed E-state index contributed by atoms with van der Waals surface area (Å²) in [6, 6.07) is 8.69. The van der Waals surface area contributed by atoms with E-state index in [4.69, 9.17) is 4.43 Å². The number of halogens is 1. The van der Waals surface area contributed by atoms with Crippen molar-refractivity contribution in [1.29, 1.82) is 0 Å². The van der Waals surface area contributed by atoms with E-state index in [0.29, 0.717) is 5.92 Å². The number of hydrogen-bond donors (Lipinski definition) is 0. The minimum absolute atomic E-state index is 0.226. The smallest absolute Gasteiger partial charge is 0.192 e. The Kier molecular flexibility index (Phi) is 5.88. The minimum atomic E-state index is -1.80. The van der Waals surface area contributed by atoms with Gasteiger partial charge in [-0.15, -0.1) is 0 Å². The molecular formula is C21H31IOSi. The molecule has 0 heterocycles. The molecule has 1 aromatic carbocycles. The first-order valence-electron chi connectivity index (χ1n) is 8.73. The lowest BCUT2D eigenvalue weighted by atomic mass is 9.87. The Balaban J connectivity index is 2.40. The summed E-state index contributed by atoms with van der Waals surface area (Å²) in [7, 11) is -1.80. The van der Waals surface area contributed by atoms with Crippen LogP contribution in [-0.2, 0) is 4.43 Å². The predicted molar refractivity (Wildman–Crippen MR) is 117 cm³/mol. The maximum atomic E-state index is 6.83. The summed E-state index contributed by atoms with van der Waals surface area (Å²) in [6.45, 7) is 20.3. The van der Waals surface area contributed by atoms with E-state index in [1.54, 1.807) is 0 Å². The van der Waals surface area contributed by atoms with Gasteiger partial charge in [-0.2, -0.15) is 0 Å². The van der Waals surface area contributed by atoms with Crippen LogP contribution in [0.4, 0.5) is 0 Å². The summed E-state index contributed by atoms with van der Waals surface area (Å²) in [5, 5.41) is 0.226. The highest BCUT2D eigenvalue weighted by molar-refractivity contribution is 14.1. The topological polar surface area (TPSA) is 9.23 Å². The molecule has 0 radical (unpaired) electrons. The number of aryl methyl sites for hydroxylation is 1. The van der Waals surface area contributed by atoms with Crippen LogP contribution in [0.25, 0.3) is 5.57 Å². The molecule has 0 aromatic heterocycles. The van der Waals surface area contributed by atoms with E-state index in [1.807, 2.05) is 0 Å². The van der Waals surface area contributed by atoms with Crippen LogP contribution in [0.5, 0.6) is 0 Å². The van der Waals surface area contributed by atoms with Gasteiger partial charge in [0.15, 0.2) is 8.32 Å². The average molecular weight is 454 g/mol. The van der Waals surface area contributed by atoms with Crippen LogP contribution in [0.2, 0.25) is 18.1 Å². The van der Waals surface area contributed by atoms with Gasteiger partial charge in [0.25, 0.3) is 0 Å². The van der Waals surface area contributed by atoms with Gasteiger partial charge in [0.1, 0.15) is 0 Å². The molecule has 0 amide bonds. The van der Waals surface area contributed by atoms with Gasteiger partial charge >= 0.3 is 0 Å². The molecule has 2 atom stereocenters. The summed E-state index contributed by atoms with van der Waals surface area (Å²) < 4.78 is 8.26. The Labute approximate surface area is 162 Å². The van der Waals surface area contributed by atoms with Crippen molar-refractivity contribution in [2.75, 3.05) is 0 Å². The second-order valence-electron chi connectivity index (χ2n) is 8.58. The third-order valence-electron chi connectivity index (χ3n) is 5.57. The van der Waals surface area contributed by atoms with E-state index < -0.39 is 8.32 Å². The Hall–Kier alpha value is -0.393. The van der Waals surface area contributed by atoms with Crippen molar-refractivity contribution in [1.82, 2.24) is 0 Å². The first-order chi connectivity index (χ1) is 11.0. The largest absolute Gasteiger partial charge is 0.413 e. The third kappa shape index (κ3) is 3.88. The van der Waals surface area contributed by atoms with Crippen molar-refractivity contribution in [2.45, 2.75) is 65.3 Å². The molecule has 3 heteroatoms. The Bertz CT molecular complexity index is 667. The zero-order valence-electron chi connectivity index (χ0n) is 16.2. The molecule has 0 spiro atoms. The van der Waals surface area contributed by atoms with Gasteiger partial charge in [0.05, 0.1) is 6.10 Å². The van der Waals surface area contributed by atoms with Gasteiger partial charge in [-0.25, -0.2) is 0 Å². The van der Waals surface area contributed by atoms with Gasteiger partial charge in [-0.05, 0) is 74.9 Å². The third-order valence-corrected chi connectivity index (χ3v) is 11.1. The maximum absolute atomic E-state index is 6.83. The standard InChI is InChI=1S/C21H31IOSi/c1-14(2)19-18(23-24(7,8)21(4,5)6)13-17(22)20(19)16-12-10-9-11-15(16)3/h9-12,18-19H,1,13H2,2-8H3/t18-,19+/m1/s1. The van der Waals surface area contributed by atoms with Crippen LogP contribution in [-0.4, -0.2) is 14.4 Å². The van der Waals surface area contributed by atoms with E-state index in [2.05, 4.69) is 101 Å². The van der Waals surface area contributed by atoms with E-state index in [1.165, 1.54) is 25.9 Å². The minimum Gasteiger partial charge on any atom is -0.413 e. The van der Waals surface area contributed by atoms with Gasteiger partial charge in [0.2, 0.25) is 0 Å². The Morgan fingerprint density at radius 2 is 1.83 bits per heavy atom. The highest BCUT2D eigenvalue weighted by Gasteiger charge is 2.44. The highest BCUT2D eigenvalue weighted by Crippen LogP contribution is 2.49. The fraction of sp³-hybridized carbons (Fsp3) is 0.524. The van der Waals surface area contributed by atoms with Gasteiger partial charge in [0, 0.05) is 12.3 Å². The van der Waals surface area contributed by atoms with Gasteiger partial charge in [-0.3, -0.25) is 0 Å². The molecule has 1 aliphatic carbocycles. The van der Waals surface area contributed by atoms with Gasteiger partial charge < -0.3 is 4.43 Å². The molecule has 24 heavy (non-hydrogen) atoms. The molecule has 0 unspecified atom stereocenters. The second kappa shape index (κ2) is 7.08. The second-order valence-corrected chi connectivity index (χ2v) is 14.6.